The lowest BCUT2D eigenvalue weighted by molar-refractivity contribution is -0.155. The molecule has 2 rings (SSSR count). The van der Waals surface area contributed by atoms with Gasteiger partial charge in [-0.3, -0.25) is 9.59 Å². The largest absolute Gasteiger partial charge is 0.482 e. The van der Waals surface area contributed by atoms with Crippen LogP contribution >= 0.6 is 15.9 Å². The summed E-state index contributed by atoms with van der Waals surface area (Å²) in [6.07, 6.45) is -0.253. The number of aldehydes is 1. The number of anilines is 1. The highest BCUT2D eigenvalue weighted by molar-refractivity contribution is 9.10. The Morgan fingerprint density at radius 3 is 2.56 bits per heavy atom. The second-order valence-corrected chi connectivity index (χ2v) is 6.02. The Bertz CT molecular complexity index is 760. The van der Waals surface area contributed by atoms with Gasteiger partial charge in [0.25, 0.3) is 5.91 Å². The van der Waals surface area contributed by atoms with Gasteiger partial charge in [0, 0.05) is 15.7 Å². The lowest BCUT2D eigenvalue weighted by Gasteiger charge is -2.14. The molecule has 2 aromatic rings. The molecule has 0 radical (unpaired) electrons. The van der Waals surface area contributed by atoms with Crippen LogP contribution in [0.3, 0.4) is 0 Å². The molecule has 0 aromatic heterocycles. The maximum atomic E-state index is 12.0. The number of carbonyl (C=O) groups is 3. The van der Waals surface area contributed by atoms with Crippen molar-refractivity contribution in [3.63, 3.8) is 0 Å². The maximum Gasteiger partial charge on any atom is 0.344 e. The zero-order valence-electron chi connectivity index (χ0n) is 13.4. The molecule has 2 aromatic carbocycles. The Morgan fingerprint density at radius 2 is 1.92 bits per heavy atom. The Labute approximate surface area is 153 Å². The third-order valence-electron chi connectivity index (χ3n) is 3.14. The van der Waals surface area contributed by atoms with Crippen LogP contribution in [-0.4, -0.2) is 30.9 Å². The average molecular weight is 406 g/mol. The fourth-order valence-corrected chi connectivity index (χ4v) is 2.28. The number of amides is 1. The summed E-state index contributed by atoms with van der Waals surface area (Å²) < 4.78 is 11.1. The van der Waals surface area contributed by atoms with Crippen molar-refractivity contribution in [2.45, 2.75) is 13.0 Å². The second kappa shape index (κ2) is 8.98. The molecule has 0 heterocycles. The Kier molecular flexibility index (Phi) is 6.71. The van der Waals surface area contributed by atoms with Gasteiger partial charge < -0.3 is 14.8 Å². The van der Waals surface area contributed by atoms with E-state index >= 15 is 0 Å². The topological polar surface area (TPSA) is 81.7 Å². The molecule has 6 nitrogen and oxygen atoms in total. The van der Waals surface area contributed by atoms with Gasteiger partial charge in [-0.2, -0.15) is 0 Å². The van der Waals surface area contributed by atoms with Gasteiger partial charge >= 0.3 is 5.97 Å². The molecule has 0 aliphatic heterocycles. The molecule has 0 saturated heterocycles. The van der Waals surface area contributed by atoms with Gasteiger partial charge in [-0.1, -0.05) is 22.0 Å². The Hall–Kier alpha value is -2.67. The van der Waals surface area contributed by atoms with Crippen molar-refractivity contribution >= 4 is 39.8 Å². The first-order chi connectivity index (χ1) is 12.0. The molecule has 0 fully saturated rings. The zero-order valence-corrected chi connectivity index (χ0v) is 15.0. The molecule has 0 saturated carbocycles. The molecule has 1 N–H and O–H groups in total. The van der Waals surface area contributed by atoms with E-state index in [-0.39, 0.29) is 6.61 Å². The van der Waals surface area contributed by atoms with Crippen molar-refractivity contribution in [1.29, 1.82) is 0 Å². The fourth-order valence-electron chi connectivity index (χ4n) is 1.88. The van der Waals surface area contributed by atoms with Gasteiger partial charge in [-0.15, -0.1) is 0 Å². The van der Waals surface area contributed by atoms with Crippen molar-refractivity contribution in [2.75, 3.05) is 11.9 Å². The molecular weight excluding hydrogens is 390 g/mol. The maximum absolute atomic E-state index is 12.0. The first-order valence-electron chi connectivity index (χ1n) is 7.42. The summed E-state index contributed by atoms with van der Waals surface area (Å²) in [7, 11) is 0. The Balaban J connectivity index is 1.80. The number of hydrogen-bond donors (Lipinski definition) is 1. The van der Waals surface area contributed by atoms with E-state index in [1.54, 1.807) is 42.5 Å². The van der Waals surface area contributed by atoms with E-state index in [0.717, 1.165) is 4.47 Å². The first kappa shape index (κ1) is 18.7. The summed E-state index contributed by atoms with van der Waals surface area (Å²) in [5, 5.41) is 2.65. The van der Waals surface area contributed by atoms with E-state index in [1.807, 2.05) is 6.07 Å². The molecule has 0 bridgehead atoms. The van der Waals surface area contributed by atoms with E-state index in [9.17, 15) is 14.4 Å². The van der Waals surface area contributed by atoms with Crippen molar-refractivity contribution in [3.05, 3.63) is 58.6 Å². The summed E-state index contributed by atoms with van der Waals surface area (Å²) in [5.41, 5.74) is 1.10. The second-order valence-electron chi connectivity index (χ2n) is 5.11. The SMILES string of the molecule is C[C@@H](OC(=O)COc1ccc(C=O)cc1)C(=O)Nc1cccc(Br)c1. The summed E-state index contributed by atoms with van der Waals surface area (Å²) in [6.45, 7) is 1.14. The number of esters is 1. The number of hydrogen-bond acceptors (Lipinski definition) is 5. The monoisotopic (exact) mass is 405 g/mol. The van der Waals surface area contributed by atoms with Gasteiger partial charge in [0.15, 0.2) is 12.7 Å². The molecule has 0 aliphatic carbocycles. The summed E-state index contributed by atoms with van der Waals surface area (Å²) in [6, 6.07) is 13.4. The minimum absolute atomic E-state index is 0.338. The van der Waals surface area contributed by atoms with Crippen LogP contribution in [0.4, 0.5) is 5.69 Å². The van der Waals surface area contributed by atoms with Crippen molar-refractivity contribution in [2.24, 2.45) is 0 Å². The van der Waals surface area contributed by atoms with Crippen LogP contribution < -0.4 is 10.1 Å². The highest BCUT2D eigenvalue weighted by Gasteiger charge is 2.18. The van der Waals surface area contributed by atoms with E-state index < -0.39 is 18.0 Å². The number of benzene rings is 2. The third-order valence-corrected chi connectivity index (χ3v) is 3.64. The smallest absolute Gasteiger partial charge is 0.344 e. The van der Waals surface area contributed by atoms with Crippen molar-refractivity contribution < 1.29 is 23.9 Å². The standard InChI is InChI=1S/C18H16BrNO5/c1-12(18(23)20-15-4-2-3-14(19)9-15)25-17(22)11-24-16-7-5-13(10-21)6-8-16/h2-10,12H,11H2,1H3,(H,20,23)/t12-/m1/s1. The Morgan fingerprint density at radius 1 is 1.20 bits per heavy atom. The highest BCUT2D eigenvalue weighted by atomic mass is 79.9. The van der Waals surface area contributed by atoms with Crippen LogP contribution in [-0.2, 0) is 14.3 Å². The summed E-state index contributed by atoms with van der Waals surface area (Å²) >= 11 is 3.31. The van der Waals surface area contributed by atoms with Gasteiger partial charge in [-0.25, -0.2) is 4.79 Å². The van der Waals surface area contributed by atoms with E-state index in [0.29, 0.717) is 23.3 Å². The first-order valence-corrected chi connectivity index (χ1v) is 8.21. The summed E-state index contributed by atoms with van der Waals surface area (Å²) in [5.74, 6) is -0.688. The predicted octanol–water partition coefficient (Wildman–Crippen LogP) is 3.21. The molecule has 1 amide bonds. The average Bonchev–Trinajstić information content (AvgIpc) is 2.60. The van der Waals surface area contributed by atoms with Crippen molar-refractivity contribution in [3.8, 4) is 5.75 Å². The number of rotatable bonds is 7. The number of ether oxygens (including phenoxy) is 2. The minimum atomic E-state index is -0.965. The summed E-state index contributed by atoms with van der Waals surface area (Å²) in [4.78, 5) is 34.4. The van der Waals surface area contributed by atoms with Crippen LogP contribution in [0.25, 0.3) is 0 Å². The lowest BCUT2D eigenvalue weighted by atomic mass is 10.2. The molecule has 0 unspecified atom stereocenters. The molecule has 25 heavy (non-hydrogen) atoms. The molecular formula is C18H16BrNO5. The van der Waals surface area contributed by atoms with Crippen LogP contribution in [0.1, 0.15) is 17.3 Å². The van der Waals surface area contributed by atoms with Crippen LogP contribution in [0.15, 0.2) is 53.0 Å². The minimum Gasteiger partial charge on any atom is -0.482 e. The molecule has 130 valence electrons. The zero-order chi connectivity index (χ0) is 18.2. The molecule has 0 aliphatic rings. The highest BCUT2D eigenvalue weighted by Crippen LogP contribution is 2.16. The predicted molar refractivity (Wildman–Crippen MR) is 95.7 cm³/mol. The van der Waals surface area contributed by atoms with Gasteiger partial charge in [-0.05, 0) is 49.4 Å². The normalized spacial score (nSPS) is 11.3. The van der Waals surface area contributed by atoms with Gasteiger partial charge in [0.05, 0.1) is 0 Å². The fraction of sp³-hybridized carbons (Fsp3) is 0.167. The van der Waals surface area contributed by atoms with E-state index in [4.69, 9.17) is 9.47 Å². The van der Waals surface area contributed by atoms with E-state index in [2.05, 4.69) is 21.2 Å². The third kappa shape index (κ3) is 6.04. The lowest BCUT2D eigenvalue weighted by Crippen LogP contribution is -2.31. The van der Waals surface area contributed by atoms with E-state index in [1.165, 1.54) is 6.92 Å². The molecule has 7 heteroatoms. The van der Waals surface area contributed by atoms with Crippen LogP contribution in [0, 0.1) is 0 Å². The van der Waals surface area contributed by atoms with Crippen LogP contribution in [0.2, 0.25) is 0 Å². The molecule has 1 atom stereocenters. The number of halogens is 1. The number of nitrogens with one attached hydrogen (secondary N) is 1. The number of carbonyl (C=O) groups excluding carboxylic acids is 3. The van der Waals surface area contributed by atoms with Crippen LogP contribution in [0.5, 0.6) is 5.75 Å². The quantitative estimate of drug-likeness (QED) is 0.564. The molecule has 0 spiro atoms. The van der Waals surface area contributed by atoms with Gasteiger partial charge in [0.1, 0.15) is 12.0 Å². The van der Waals surface area contributed by atoms with Gasteiger partial charge in [0.2, 0.25) is 0 Å². The van der Waals surface area contributed by atoms with Crippen molar-refractivity contribution in [1.82, 2.24) is 0 Å².